The number of nitro benzene ring substituents is 1. The third-order valence-corrected chi connectivity index (χ3v) is 6.63. The zero-order valence-corrected chi connectivity index (χ0v) is 20.3. The number of aryl methyl sites for hydroxylation is 1. The quantitative estimate of drug-likeness (QED) is 0.207. The van der Waals surface area contributed by atoms with Crippen LogP contribution in [-0.4, -0.2) is 22.0 Å². The number of non-ortho nitro benzene ring substituents is 1. The highest BCUT2D eigenvalue weighted by atomic mass is 35.5. The van der Waals surface area contributed by atoms with E-state index in [9.17, 15) is 19.7 Å². The minimum Gasteiger partial charge on any atom is -0.326 e. The molecule has 0 spiro atoms. The van der Waals surface area contributed by atoms with Crippen molar-refractivity contribution in [3.05, 3.63) is 93.0 Å². The summed E-state index contributed by atoms with van der Waals surface area (Å²) in [6, 6.07) is 18.8. The van der Waals surface area contributed by atoms with Crippen LogP contribution in [0.15, 0.2) is 71.6 Å². The lowest BCUT2D eigenvalue weighted by Crippen LogP contribution is -2.25. The lowest BCUT2D eigenvalue weighted by atomic mass is 10.1. The smallest absolute Gasteiger partial charge is 0.269 e. The minimum absolute atomic E-state index is 0.0214. The zero-order valence-electron chi connectivity index (χ0n) is 18.7. The Morgan fingerprint density at radius 1 is 1.06 bits per heavy atom. The summed E-state index contributed by atoms with van der Waals surface area (Å²) in [5.74, 6) is -0.343. The summed E-state index contributed by atoms with van der Waals surface area (Å²) in [6.07, 6.45) is 0.804. The van der Waals surface area contributed by atoms with E-state index in [0.29, 0.717) is 28.4 Å². The number of amides is 2. The van der Waals surface area contributed by atoms with Gasteiger partial charge < -0.3 is 10.6 Å². The van der Waals surface area contributed by atoms with E-state index in [1.54, 1.807) is 31.2 Å². The molecule has 3 aromatic rings. The van der Waals surface area contributed by atoms with Gasteiger partial charge in [0.15, 0.2) is 0 Å². The van der Waals surface area contributed by atoms with Gasteiger partial charge in [-0.15, -0.1) is 11.8 Å². The Hall–Kier alpha value is -3.36. The highest BCUT2D eigenvalue weighted by molar-refractivity contribution is 8.00. The Kier molecular flexibility index (Phi) is 8.67. The summed E-state index contributed by atoms with van der Waals surface area (Å²) >= 11 is 7.28. The first-order chi connectivity index (χ1) is 16.2. The Morgan fingerprint density at radius 2 is 1.79 bits per heavy atom. The number of halogens is 1. The standard InChI is InChI=1S/C25H24ClN3O4S/c1-3-23(25(31)28-22-12-11-20(29(32)33)13-16(22)2)34-21-6-4-5-19(15-21)27-24(30)14-17-7-9-18(26)10-8-17/h4-13,15,23H,3,14H2,1-2H3,(H,27,30)(H,28,31). The maximum Gasteiger partial charge on any atom is 0.269 e. The summed E-state index contributed by atoms with van der Waals surface area (Å²) in [4.78, 5) is 36.6. The van der Waals surface area contributed by atoms with Gasteiger partial charge >= 0.3 is 0 Å². The fraction of sp³-hybridized carbons (Fsp3) is 0.200. The van der Waals surface area contributed by atoms with Crippen LogP contribution in [0.3, 0.4) is 0 Å². The maximum atomic E-state index is 12.9. The second kappa shape index (κ2) is 11.7. The number of anilines is 2. The number of rotatable bonds is 9. The van der Waals surface area contributed by atoms with Crippen LogP contribution in [0, 0.1) is 17.0 Å². The van der Waals surface area contributed by atoms with Crippen molar-refractivity contribution in [2.75, 3.05) is 10.6 Å². The van der Waals surface area contributed by atoms with Crippen molar-refractivity contribution in [2.24, 2.45) is 0 Å². The molecule has 2 N–H and O–H groups in total. The van der Waals surface area contributed by atoms with E-state index in [-0.39, 0.29) is 29.2 Å². The molecule has 9 heteroatoms. The summed E-state index contributed by atoms with van der Waals surface area (Å²) < 4.78 is 0. The monoisotopic (exact) mass is 497 g/mol. The highest BCUT2D eigenvalue weighted by Crippen LogP contribution is 2.29. The van der Waals surface area contributed by atoms with E-state index in [1.807, 2.05) is 37.3 Å². The molecule has 0 fully saturated rings. The molecule has 176 valence electrons. The summed E-state index contributed by atoms with van der Waals surface area (Å²) in [7, 11) is 0. The number of nitrogens with one attached hydrogen (secondary N) is 2. The van der Waals surface area contributed by atoms with Gasteiger partial charge in [0, 0.05) is 33.4 Å². The van der Waals surface area contributed by atoms with Crippen molar-refractivity contribution in [3.8, 4) is 0 Å². The summed E-state index contributed by atoms with van der Waals surface area (Å²) in [6.45, 7) is 3.63. The Morgan fingerprint density at radius 3 is 2.44 bits per heavy atom. The van der Waals surface area contributed by atoms with Crippen molar-refractivity contribution in [3.63, 3.8) is 0 Å². The van der Waals surface area contributed by atoms with Gasteiger partial charge in [-0.1, -0.05) is 36.7 Å². The second-order valence-corrected chi connectivity index (χ2v) is 9.35. The number of carbonyl (C=O) groups is 2. The molecule has 0 aromatic heterocycles. The van der Waals surface area contributed by atoms with Crippen LogP contribution < -0.4 is 10.6 Å². The average molecular weight is 498 g/mol. The number of hydrogen-bond donors (Lipinski definition) is 2. The van der Waals surface area contributed by atoms with E-state index in [4.69, 9.17) is 11.6 Å². The van der Waals surface area contributed by atoms with Crippen LogP contribution in [0.1, 0.15) is 24.5 Å². The van der Waals surface area contributed by atoms with Gasteiger partial charge in [-0.3, -0.25) is 19.7 Å². The van der Waals surface area contributed by atoms with Gasteiger partial charge in [-0.25, -0.2) is 0 Å². The molecule has 7 nitrogen and oxygen atoms in total. The first kappa shape index (κ1) is 25.3. The van der Waals surface area contributed by atoms with Crippen molar-refractivity contribution in [1.82, 2.24) is 0 Å². The molecule has 1 unspecified atom stereocenters. The normalized spacial score (nSPS) is 11.5. The molecule has 1 atom stereocenters. The fourth-order valence-corrected chi connectivity index (χ4v) is 4.38. The lowest BCUT2D eigenvalue weighted by molar-refractivity contribution is -0.384. The van der Waals surface area contributed by atoms with E-state index >= 15 is 0 Å². The molecule has 34 heavy (non-hydrogen) atoms. The molecular formula is C25H24ClN3O4S. The van der Waals surface area contributed by atoms with Crippen molar-refractivity contribution in [2.45, 2.75) is 36.8 Å². The molecule has 0 heterocycles. The van der Waals surface area contributed by atoms with Gasteiger partial charge in [-0.2, -0.15) is 0 Å². The van der Waals surface area contributed by atoms with Crippen molar-refractivity contribution in [1.29, 1.82) is 0 Å². The molecule has 0 saturated heterocycles. The third kappa shape index (κ3) is 7.07. The van der Waals surface area contributed by atoms with Gasteiger partial charge in [0.2, 0.25) is 11.8 Å². The molecular weight excluding hydrogens is 474 g/mol. The SMILES string of the molecule is CCC(Sc1cccc(NC(=O)Cc2ccc(Cl)cc2)c1)C(=O)Nc1ccc([N+](=O)[O-])cc1C. The summed E-state index contributed by atoms with van der Waals surface area (Å²) in [5.41, 5.74) is 2.64. The van der Waals surface area contributed by atoms with Crippen LogP contribution in [0.25, 0.3) is 0 Å². The van der Waals surface area contributed by atoms with Gasteiger partial charge in [0.05, 0.1) is 16.6 Å². The molecule has 0 saturated carbocycles. The average Bonchev–Trinajstić information content (AvgIpc) is 2.80. The van der Waals surface area contributed by atoms with Crippen LogP contribution in [-0.2, 0) is 16.0 Å². The van der Waals surface area contributed by atoms with E-state index < -0.39 is 4.92 Å². The Balaban J connectivity index is 1.62. The first-order valence-corrected chi connectivity index (χ1v) is 11.9. The molecule has 0 aliphatic rings. The predicted molar refractivity (Wildman–Crippen MR) is 137 cm³/mol. The number of thioether (sulfide) groups is 1. The number of nitrogens with zero attached hydrogens (tertiary/aromatic N) is 1. The van der Waals surface area contributed by atoms with Crippen LogP contribution in [0.5, 0.6) is 0 Å². The van der Waals surface area contributed by atoms with Crippen molar-refractivity contribution < 1.29 is 14.5 Å². The van der Waals surface area contributed by atoms with E-state index in [0.717, 1.165) is 10.5 Å². The van der Waals surface area contributed by atoms with Crippen molar-refractivity contribution >= 4 is 52.2 Å². The molecule has 0 bridgehead atoms. The Labute approximate surface area is 207 Å². The number of benzene rings is 3. The Bertz CT molecular complexity index is 1200. The highest BCUT2D eigenvalue weighted by Gasteiger charge is 2.20. The number of hydrogen-bond acceptors (Lipinski definition) is 5. The van der Waals surface area contributed by atoms with E-state index in [1.165, 1.54) is 23.9 Å². The number of carbonyl (C=O) groups excluding carboxylic acids is 2. The van der Waals surface area contributed by atoms with E-state index in [2.05, 4.69) is 10.6 Å². The van der Waals surface area contributed by atoms with Gasteiger partial charge in [-0.05, 0) is 60.9 Å². The zero-order chi connectivity index (χ0) is 24.7. The topological polar surface area (TPSA) is 101 Å². The molecule has 0 radical (unpaired) electrons. The van der Waals surface area contributed by atoms with Gasteiger partial charge in [0.25, 0.3) is 5.69 Å². The molecule has 3 aromatic carbocycles. The van der Waals surface area contributed by atoms with Crippen LogP contribution in [0.4, 0.5) is 17.1 Å². The number of nitro groups is 1. The minimum atomic E-state index is -0.468. The molecule has 0 aliphatic carbocycles. The van der Waals surface area contributed by atoms with Crippen LogP contribution in [0.2, 0.25) is 5.02 Å². The molecule has 3 rings (SSSR count). The lowest BCUT2D eigenvalue weighted by Gasteiger charge is -2.16. The fourth-order valence-electron chi connectivity index (χ4n) is 3.24. The molecule has 0 aliphatic heterocycles. The first-order valence-electron chi connectivity index (χ1n) is 10.6. The summed E-state index contributed by atoms with van der Waals surface area (Å²) in [5, 5.41) is 16.9. The van der Waals surface area contributed by atoms with Gasteiger partial charge in [0.1, 0.15) is 0 Å². The second-order valence-electron chi connectivity index (χ2n) is 7.64. The third-order valence-electron chi connectivity index (χ3n) is 5.02. The largest absolute Gasteiger partial charge is 0.326 e. The van der Waals surface area contributed by atoms with Crippen LogP contribution >= 0.6 is 23.4 Å². The maximum absolute atomic E-state index is 12.9. The predicted octanol–water partition coefficient (Wildman–Crippen LogP) is 6.25. The molecule has 2 amide bonds.